The van der Waals surface area contributed by atoms with E-state index < -0.39 is 23.9 Å². The number of benzene rings is 1. The summed E-state index contributed by atoms with van der Waals surface area (Å²) in [5.41, 5.74) is 2.67. The van der Waals surface area contributed by atoms with Crippen molar-refractivity contribution in [1.29, 1.82) is 0 Å². The Bertz CT molecular complexity index is 664. The molecule has 6 heteroatoms. The van der Waals surface area contributed by atoms with Gasteiger partial charge in [-0.2, -0.15) is 0 Å². The van der Waals surface area contributed by atoms with Crippen LogP contribution < -0.4 is 5.32 Å². The van der Waals surface area contributed by atoms with Crippen molar-refractivity contribution in [3.8, 4) is 0 Å². The van der Waals surface area contributed by atoms with Crippen molar-refractivity contribution < 1.29 is 23.9 Å². The molecule has 0 fully saturated rings. The van der Waals surface area contributed by atoms with Crippen LogP contribution in [0.2, 0.25) is 0 Å². The summed E-state index contributed by atoms with van der Waals surface area (Å²) in [7, 11) is 0. The minimum Gasteiger partial charge on any atom is -0.463 e. The predicted octanol–water partition coefficient (Wildman–Crippen LogP) is 3.11. The lowest BCUT2D eigenvalue weighted by Gasteiger charge is -2.18. The molecule has 0 aliphatic heterocycles. The molecule has 0 aromatic heterocycles. The number of ether oxygens (including phenoxy) is 2. The number of hydrogen-bond acceptors (Lipinski definition) is 5. The standard InChI is InChI=1S/C19H25NO5/c1-6-24-16(21)10-11-17(22)25-14(5)19(23)20-18-13(4)8-7-9-15(18)12(2)3/h7-12,14H,6H2,1-5H3,(H,20,23)/b11-10+/t14-/m0/s1. The van der Waals surface area contributed by atoms with Crippen molar-refractivity contribution in [2.75, 3.05) is 11.9 Å². The van der Waals surface area contributed by atoms with E-state index in [4.69, 9.17) is 4.74 Å². The zero-order chi connectivity index (χ0) is 19.0. The van der Waals surface area contributed by atoms with Gasteiger partial charge < -0.3 is 14.8 Å². The SMILES string of the molecule is CCOC(=O)/C=C/C(=O)O[C@@H](C)C(=O)Nc1c(C)cccc1C(C)C. The summed E-state index contributed by atoms with van der Waals surface area (Å²) in [5, 5.41) is 2.82. The molecule has 1 rings (SSSR count). The first-order valence-corrected chi connectivity index (χ1v) is 8.22. The van der Waals surface area contributed by atoms with E-state index in [0.29, 0.717) is 0 Å². The van der Waals surface area contributed by atoms with Crippen molar-refractivity contribution in [1.82, 2.24) is 0 Å². The lowest BCUT2D eigenvalue weighted by Crippen LogP contribution is -2.30. The first kappa shape index (κ1) is 20.4. The molecule has 0 bridgehead atoms. The Morgan fingerprint density at radius 3 is 2.36 bits per heavy atom. The monoisotopic (exact) mass is 347 g/mol. The van der Waals surface area contributed by atoms with Gasteiger partial charge in [0.15, 0.2) is 6.10 Å². The number of aryl methyl sites for hydroxylation is 1. The van der Waals surface area contributed by atoms with Crippen LogP contribution in [-0.2, 0) is 23.9 Å². The summed E-state index contributed by atoms with van der Waals surface area (Å²) in [4.78, 5) is 35.1. The van der Waals surface area contributed by atoms with Crippen molar-refractivity contribution in [2.24, 2.45) is 0 Å². The zero-order valence-electron chi connectivity index (χ0n) is 15.3. The number of carbonyl (C=O) groups is 3. The van der Waals surface area contributed by atoms with E-state index in [0.717, 1.165) is 29.0 Å². The third-order valence-corrected chi connectivity index (χ3v) is 3.48. The highest BCUT2D eigenvalue weighted by molar-refractivity contribution is 5.98. The maximum absolute atomic E-state index is 12.3. The number of hydrogen-bond donors (Lipinski definition) is 1. The van der Waals surface area contributed by atoms with Crippen molar-refractivity contribution in [3.05, 3.63) is 41.5 Å². The summed E-state index contributed by atoms with van der Waals surface area (Å²) in [5.74, 6) is -1.63. The summed E-state index contributed by atoms with van der Waals surface area (Å²) >= 11 is 0. The van der Waals surface area contributed by atoms with Gasteiger partial charge in [0.1, 0.15) is 0 Å². The van der Waals surface area contributed by atoms with Crippen molar-refractivity contribution in [2.45, 2.75) is 46.6 Å². The van der Waals surface area contributed by atoms with Crippen LogP contribution in [0.5, 0.6) is 0 Å². The molecule has 25 heavy (non-hydrogen) atoms. The second kappa shape index (κ2) is 9.61. The smallest absolute Gasteiger partial charge is 0.331 e. The largest absolute Gasteiger partial charge is 0.463 e. The van der Waals surface area contributed by atoms with Crippen LogP contribution in [0, 0.1) is 6.92 Å². The van der Waals surface area contributed by atoms with E-state index in [1.54, 1.807) is 6.92 Å². The molecular formula is C19H25NO5. The number of rotatable bonds is 7. The van der Waals surface area contributed by atoms with Crippen LogP contribution >= 0.6 is 0 Å². The van der Waals surface area contributed by atoms with Gasteiger partial charge in [-0.25, -0.2) is 9.59 Å². The van der Waals surface area contributed by atoms with E-state index >= 15 is 0 Å². The third kappa shape index (κ3) is 6.41. The minimum absolute atomic E-state index is 0.214. The van der Waals surface area contributed by atoms with E-state index in [2.05, 4.69) is 10.1 Å². The summed E-state index contributed by atoms with van der Waals surface area (Å²) in [6.45, 7) is 9.32. The highest BCUT2D eigenvalue weighted by atomic mass is 16.5. The number of anilines is 1. The summed E-state index contributed by atoms with van der Waals surface area (Å²) in [6, 6.07) is 5.79. The molecule has 1 atom stereocenters. The van der Waals surface area contributed by atoms with Gasteiger partial charge in [-0.15, -0.1) is 0 Å². The fourth-order valence-corrected chi connectivity index (χ4v) is 2.16. The van der Waals surface area contributed by atoms with Gasteiger partial charge in [-0.1, -0.05) is 32.0 Å². The number of nitrogens with one attached hydrogen (secondary N) is 1. The fraction of sp³-hybridized carbons (Fsp3) is 0.421. The fourth-order valence-electron chi connectivity index (χ4n) is 2.16. The summed E-state index contributed by atoms with van der Waals surface area (Å²) < 4.78 is 9.67. The molecule has 1 amide bonds. The van der Waals surface area contributed by atoms with Gasteiger partial charge in [0.2, 0.25) is 0 Å². The van der Waals surface area contributed by atoms with E-state index in [1.807, 2.05) is 39.0 Å². The maximum atomic E-state index is 12.3. The molecule has 0 aliphatic carbocycles. The number of para-hydroxylation sites is 1. The predicted molar refractivity (Wildman–Crippen MR) is 95.2 cm³/mol. The molecule has 6 nitrogen and oxygen atoms in total. The van der Waals surface area contributed by atoms with Crippen LogP contribution in [0.15, 0.2) is 30.4 Å². The number of esters is 2. The Balaban J connectivity index is 2.72. The average Bonchev–Trinajstić information content (AvgIpc) is 2.54. The molecule has 0 unspecified atom stereocenters. The first-order chi connectivity index (χ1) is 11.8. The Hall–Kier alpha value is -2.63. The maximum Gasteiger partial charge on any atom is 0.331 e. The lowest BCUT2D eigenvalue weighted by molar-refractivity contribution is -0.148. The molecule has 1 aromatic carbocycles. The van der Waals surface area contributed by atoms with E-state index in [1.165, 1.54) is 6.92 Å². The normalized spacial score (nSPS) is 12.1. The van der Waals surface area contributed by atoms with E-state index in [-0.39, 0.29) is 12.5 Å². The molecule has 0 spiro atoms. The third-order valence-electron chi connectivity index (χ3n) is 3.48. The molecular weight excluding hydrogens is 322 g/mol. The van der Waals surface area contributed by atoms with Gasteiger partial charge in [0.05, 0.1) is 6.61 Å². The highest BCUT2D eigenvalue weighted by Gasteiger charge is 2.19. The zero-order valence-corrected chi connectivity index (χ0v) is 15.3. The number of amides is 1. The van der Waals surface area contributed by atoms with Crippen molar-refractivity contribution >= 4 is 23.5 Å². The van der Waals surface area contributed by atoms with Crippen LogP contribution in [0.1, 0.15) is 44.7 Å². The van der Waals surface area contributed by atoms with Crippen LogP contribution in [0.4, 0.5) is 5.69 Å². The van der Waals surface area contributed by atoms with Crippen LogP contribution in [0.25, 0.3) is 0 Å². The Kier molecular flexibility index (Phi) is 7.85. The Morgan fingerprint density at radius 1 is 1.12 bits per heavy atom. The van der Waals surface area contributed by atoms with Gasteiger partial charge in [-0.05, 0) is 37.8 Å². The molecule has 0 aliphatic rings. The molecule has 1 aromatic rings. The average molecular weight is 347 g/mol. The topological polar surface area (TPSA) is 81.7 Å². The molecule has 136 valence electrons. The van der Waals surface area contributed by atoms with Crippen molar-refractivity contribution in [3.63, 3.8) is 0 Å². The number of carbonyl (C=O) groups excluding carboxylic acids is 3. The molecule has 0 saturated heterocycles. The molecule has 1 N–H and O–H groups in total. The minimum atomic E-state index is -1.00. The molecule has 0 saturated carbocycles. The van der Waals surface area contributed by atoms with Gasteiger partial charge in [0, 0.05) is 17.8 Å². The summed E-state index contributed by atoms with van der Waals surface area (Å²) in [6.07, 6.45) is 0.906. The van der Waals surface area contributed by atoms with Gasteiger partial charge >= 0.3 is 11.9 Å². The van der Waals surface area contributed by atoms with E-state index in [9.17, 15) is 14.4 Å². The Labute approximate surface area is 148 Å². The van der Waals surface area contributed by atoms with Crippen LogP contribution in [-0.4, -0.2) is 30.6 Å². The molecule has 0 radical (unpaired) electrons. The Morgan fingerprint density at radius 2 is 1.76 bits per heavy atom. The highest BCUT2D eigenvalue weighted by Crippen LogP contribution is 2.27. The second-order valence-corrected chi connectivity index (χ2v) is 5.85. The first-order valence-electron chi connectivity index (χ1n) is 8.22. The van der Waals surface area contributed by atoms with Crippen LogP contribution in [0.3, 0.4) is 0 Å². The lowest BCUT2D eigenvalue weighted by atomic mass is 9.98. The van der Waals surface area contributed by atoms with Gasteiger partial charge in [-0.3, -0.25) is 4.79 Å². The quantitative estimate of drug-likeness (QED) is 0.605. The molecule has 0 heterocycles. The second-order valence-electron chi connectivity index (χ2n) is 5.85. The van der Waals surface area contributed by atoms with Gasteiger partial charge in [0.25, 0.3) is 5.91 Å².